The van der Waals surface area contributed by atoms with E-state index in [1.165, 1.54) is 18.5 Å². The fourth-order valence-electron chi connectivity index (χ4n) is 1.65. The Labute approximate surface area is 121 Å². The fraction of sp³-hybridized carbons (Fsp3) is 0.200. The van der Waals surface area contributed by atoms with E-state index in [9.17, 15) is 9.18 Å². The number of aromatic nitrogens is 2. The number of halogens is 1. The molecule has 0 atom stereocenters. The predicted molar refractivity (Wildman–Crippen MR) is 74.7 cm³/mol. The number of benzene rings is 1. The molecule has 0 fully saturated rings. The van der Waals surface area contributed by atoms with Crippen LogP contribution in [0.25, 0.3) is 0 Å². The minimum atomic E-state index is -0.632. The predicted octanol–water partition coefficient (Wildman–Crippen LogP) is 1.21. The maximum Gasteiger partial charge on any atom is 0.254 e. The molecule has 2 rings (SSSR count). The van der Waals surface area contributed by atoms with Crippen LogP contribution < -0.4 is 5.32 Å². The van der Waals surface area contributed by atoms with Gasteiger partial charge in [-0.3, -0.25) is 4.79 Å². The molecular formula is C15H14FN3O2. The van der Waals surface area contributed by atoms with Crippen LogP contribution in [-0.2, 0) is 6.54 Å². The van der Waals surface area contributed by atoms with Crippen LogP contribution in [0.2, 0.25) is 0 Å². The molecule has 0 unspecified atom stereocenters. The van der Waals surface area contributed by atoms with E-state index in [4.69, 9.17) is 5.11 Å². The quantitative estimate of drug-likeness (QED) is 0.740. The zero-order chi connectivity index (χ0) is 15.1. The van der Waals surface area contributed by atoms with Gasteiger partial charge in [0.25, 0.3) is 5.91 Å². The van der Waals surface area contributed by atoms with Crippen LogP contribution in [-0.4, -0.2) is 27.6 Å². The number of hydrogen-bond acceptors (Lipinski definition) is 3. The summed E-state index contributed by atoms with van der Waals surface area (Å²) >= 11 is 0. The highest BCUT2D eigenvalue weighted by Crippen LogP contribution is 2.10. The molecule has 3 N–H and O–H groups in total. The second-order valence-corrected chi connectivity index (χ2v) is 4.23. The number of imidazole rings is 1. The Bertz CT molecular complexity index is 672. The summed E-state index contributed by atoms with van der Waals surface area (Å²) in [4.78, 5) is 18.5. The van der Waals surface area contributed by atoms with Crippen LogP contribution in [0.15, 0.2) is 30.7 Å². The lowest BCUT2D eigenvalue weighted by Gasteiger charge is -2.05. The van der Waals surface area contributed by atoms with Crippen molar-refractivity contribution in [2.75, 3.05) is 6.61 Å². The van der Waals surface area contributed by atoms with Gasteiger partial charge in [-0.05, 0) is 18.2 Å². The molecule has 6 heteroatoms. The molecule has 1 aromatic carbocycles. The number of aromatic amines is 1. The Morgan fingerprint density at radius 1 is 1.48 bits per heavy atom. The number of aliphatic hydroxyl groups excluding tert-OH is 1. The Morgan fingerprint density at radius 3 is 3.00 bits per heavy atom. The molecule has 0 radical (unpaired) electrons. The van der Waals surface area contributed by atoms with Gasteiger partial charge in [-0.25, -0.2) is 9.37 Å². The van der Waals surface area contributed by atoms with Gasteiger partial charge in [-0.1, -0.05) is 11.8 Å². The van der Waals surface area contributed by atoms with E-state index in [0.29, 0.717) is 12.0 Å². The van der Waals surface area contributed by atoms with Gasteiger partial charge < -0.3 is 15.4 Å². The molecule has 0 bridgehead atoms. The van der Waals surface area contributed by atoms with Crippen LogP contribution in [0.4, 0.5) is 4.39 Å². The second kappa shape index (κ2) is 7.22. The summed E-state index contributed by atoms with van der Waals surface area (Å²) in [5.41, 5.74) is 1.16. The second-order valence-electron chi connectivity index (χ2n) is 4.23. The SMILES string of the molecule is O=C(NCc1cnc[nH]1)c1ccc(C#CCCO)cc1F. The summed E-state index contributed by atoms with van der Waals surface area (Å²) in [5.74, 6) is 4.27. The summed E-state index contributed by atoms with van der Waals surface area (Å²) in [6.45, 7) is 0.208. The average Bonchev–Trinajstić information content (AvgIpc) is 2.98. The Hall–Kier alpha value is -2.65. The molecule has 0 saturated carbocycles. The van der Waals surface area contributed by atoms with Crippen molar-refractivity contribution >= 4 is 5.91 Å². The molecular weight excluding hydrogens is 273 g/mol. The molecule has 1 heterocycles. The Morgan fingerprint density at radius 2 is 2.33 bits per heavy atom. The van der Waals surface area contributed by atoms with Crippen LogP contribution >= 0.6 is 0 Å². The topological polar surface area (TPSA) is 78.0 Å². The number of hydrogen-bond donors (Lipinski definition) is 3. The summed E-state index contributed by atoms with van der Waals surface area (Å²) in [6.07, 6.45) is 3.41. The minimum Gasteiger partial charge on any atom is -0.395 e. The third-order valence-corrected chi connectivity index (χ3v) is 2.68. The third-order valence-electron chi connectivity index (χ3n) is 2.68. The van der Waals surface area contributed by atoms with E-state index in [1.807, 2.05) is 0 Å². The molecule has 2 aromatic rings. The van der Waals surface area contributed by atoms with Crippen molar-refractivity contribution in [2.24, 2.45) is 0 Å². The first-order valence-corrected chi connectivity index (χ1v) is 6.35. The lowest BCUT2D eigenvalue weighted by molar-refractivity contribution is 0.0946. The molecule has 1 amide bonds. The van der Waals surface area contributed by atoms with Gasteiger partial charge in [-0.2, -0.15) is 0 Å². The van der Waals surface area contributed by atoms with Crippen molar-refractivity contribution < 1.29 is 14.3 Å². The number of H-pyrrole nitrogens is 1. The number of nitrogens with zero attached hydrogens (tertiary/aromatic N) is 1. The molecule has 5 nitrogen and oxygen atoms in total. The van der Waals surface area contributed by atoms with Gasteiger partial charge in [0.15, 0.2) is 0 Å². The number of nitrogens with one attached hydrogen (secondary N) is 2. The zero-order valence-electron chi connectivity index (χ0n) is 11.2. The van der Waals surface area contributed by atoms with Gasteiger partial charge in [-0.15, -0.1) is 0 Å². The van der Waals surface area contributed by atoms with Crippen molar-refractivity contribution in [3.63, 3.8) is 0 Å². The van der Waals surface area contributed by atoms with Gasteiger partial charge in [0.05, 0.1) is 30.7 Å². The molecule has 1 aromatic heterocycles. The normalized spacial score (nSPS) is 9.81. The molecule has 108 valence electrons. The number of rotatable bonds is 4. The Kier molecular flexibility index (Phi) is 5.07. The summed E-state index contributed by atoms with van der Waals surface area (Å²) < 4.78 is 13.9. The van der Waals surface area contributed by atoms with E-state index in [-0.39, 0.29) is 18.7 Å². The highest BCUT2D eigenvalue weighted by molar-refractivity contribution is 5.94. The molecule has 0 spiro atoms. The van der Waals surface area contributed by atoms with Crippen LogP contribution in [0, 0.1) is 17.7 Å². The van der Waals surface area contributed by atoms with Crippen LogP contribution in [0.3, 0.4) is 0 Å². The van der Waals surface area contributed by atoms with Crippen molar-refractivity contribution in [3.8, 4) is 11.8 Å². The van der Waals surface area contributed by atoms with E-state index in [1.54, 1.807) is 12.3 Å². The Balaban J connectivity index is 2.03. The lowest BCUT2D eigenvalue weighted by atomic mass is 10.1. The van der Waals surface area contributed by atoms with E-state index < -0.39 is 11.7 Å². The van der Waals surface area contributed by atoms with E-state index in [2.05, 4.69) is 27.1 Å². The summed E-state index contributed by atoms with van der Waals surface area (Å²) in [7, 11) is 0. The summed E-state index contributed by atoms with van der Waals surface area (Å²) in [5, 5.41) is 11.2. The van der Waals surface area contributed by atoms with Crippen molar-refractivity contribution in [3.05, 3.63) is 53.4 Å². The van der Waals surface area contributed by atoms with Gasteiger partial charge in [0.2, 0.25) is 0 Å². The van der Waals surface area contributed by atoms with E-state index >= 15 is 0 Å². The van der Waals surface area contributed by atoms with Gasteiger partial charge in [0.1, 0.15) is 5.82 Å². The summed E-state index contributed by atoms with van der Waals surface area (Å²) in [6, 6.07) is 4.16. The zero-order valence-corrected chi connectivity index (χ0v) is 11.2. The van der Waals surface area contributed by atoms with Crippen molar-refractivity contribution in [1.29, 1.82) is 0 Å². The monoisotopic (exact) mass is 287 g/mol. The molecule has 0 saturated heterocycles. The first kappa shape index (κ1) is 14.8. The molecule has 0 aliphatic heterocycles. The van der Waals surface area contributed by atoms with Gasteiger partial charge in [0, 0.05) is 18.2 Å². The molecule has 0 aliphatic carbocycles. The third kappa shape index (κ3) is 4.16. The molecule has 0 aliphatic rings. The van der Waals surface area contributed by atoms with Gasteiger partial charge >= 0.3 is 0 Å². The smallest absolute Gasteiger partial charge is 0.254 e. The first-order chi connectivity index (χ1) is 10.2. The standard InChI is InChI=1S/C15H14FN3O2/c16-14-7-11(3-1-2-6-20)4-5-13(14)15(21)18-9-12-8-17-10-19-12/h4-5,7-8,10,20H,2,6,9H2,(H,17,19)(H,18,21). The van der Waals surface area contributed by atoms with Crippen molar-refractivity contribution in [1.82, 2.24) is 15.3 Å². The fourth-order valence-corrected chi connectivity index (χ4v) is 1.65. The first-order valence-electron chi connectivity index (χ1n) is 6.35. The number of aliphatic hydroxyl groups is 1. The molecule has 21 heavy (non-hydrogen) atoms. The number of carbonyl (C=O) groups is 1. The van der Waals surface area contributed by atoms with Crippen molar-refractivity contribution in [2.45, 2.75) is 13.0 Å². The highest BCUT2D eigenvalue weighted by Gasteiger charge is 2.11. The van der Waals surface area contributed by atoms with Crippen LogP contribution in [0.5, 0.6) is 0 Å². The minimum absolute atomic E-state index is 0.0381. The largest absolute Gasteiger partial charge is 0.395 e. The highest BCUT2D eigenvalue weighted by atomic mass is 19.1. The maximum absolute atomic E-state index is 13.9. The average molecular weight is 287 g/mol. The van der Waals surface area contributed by atoms with E-state index in [0.717, 1.165) is 5.69 Å². The number of carbonyl (C=O) groups excluding carboxylic acids is 1. The lowest BCUT2D eigenvalue weighted by Crippen LogP contribution is -2.24. The number of amides is 1. The van der Waals surface area contributed by atoms with Crippen LogP contribution in [0.1, 0.15) is 28.0 Å². The maximum atomic E-state index is 13.9.